The monoisotopic (exact) mass is 305 g/mol. The minimum absolute atomic E-state index is 0.126. The highest BCUT2D eigenvalue weighted by atomic mass is 32.1. The molecule has 1 aromatic carbocycles. The summed E-state index contributed by atoms with van der Waals surface area (Å²) in [5.74, 6) is 0. The van der Waals surface area contributed by atoms with Crippen LogP contribution in [0.15, 0.2) is 35.0 Å². The summed E-state index contributed by atoms with van der Waals surface area (Å²) in [6.07, 6.45) is 0. The summed E-state index contributed by atoms with van der Waals surface area (Å²) in [4.78, 5) is 12.8. The molecule has 5 nitrogen and oxygen atoms in total. The molecule has 1 heterocycles. The number of rotatable bonds is 7. The Morgan fingerprint density at radius 2 is 2.05 bits per heavy atom. The molecule has 6 heteroatoms. The van der Waals surface area contributed by atoms with Gasteiger partial charge in [-0.05, 0) is 48.0 Å². The molecule has 2 rings (SSSR count). The van der Waals surface area contributed by atoms with E-state index in [1.165, 1.54) is 5.56 Å². The molecule has 0 unspecified atom stereocenters. The predicted octanol–water partition coefficient (Wildman–Crippen LogP) is 3.72. The van der Waals surface area contributed by atoms with E-state index in [-0.39, 0.29) is 10.6 Å². The second-order valence-electron chi connectivity index (χ2n) is 4.94. The molecule has 0 spiro atoms. The zero-order chi connectivity index (χ0) is 15.2. The SMILES string of the molecule is CCNc1cc(CN(C)Cc2ccsc2)ccc1[N+](=O)[O-]. The van der Waals surface area contributed by atoms with Crippen molar-refractivity contribution in [3.05, 3.63) is 56.3 Å². The van der Waals surface area contributed by atoms with Crippen LogP contribution in [0.2, 0.25) is 0 Å². The van der Waals surface area contributed by atoms with Gasteiger partial charge in [0.15, 0.2) is 0 Å². The van der Waals surface area contributed by atoms with Crippen molar-refractivity contribution in [1.82, 2.24) is 4.90 Å². The second-order valence-corrected chi connectivity index (χ2v) is 5.72. The highest BCUT2D eigenvalue weighted by Gasteiger charge is 2.14. The lowest BCUT2D eigenvalue weighted by molar-refractivity contribution is -0.384. The molecule has 0 amide bonds. The van der Waals surface area contributed by atoms with Gasteiger partial charge < -0.3 is 5.32 Å². The molecule has 0 fully saturated rings. The summed E-state index contributed by atoms with van der Waals surface area (Å²) in [6, 6.07) is 7.38. The third kappa shape index (κ3) is 4.27. The maximum absolute atomic E-state index is 11.0. The lowest BCUT2D eigenvalue weighted by Crippen LogP contribution is -2.17. The number of nitrogens with one attached hydrogen (secondary N) is 1. The summed E-state index contributed by atoms with van der Waals surface area (Å²) in [5.41, 5.74) is 3.07. The van der Waals surface area contributed by atoms with Crippen LogP contribution < -0.4 is 5.32 Å². The van der Waals surface area contributed by atoms with Crippen LogP contribution in [0.25, 0.3) is 0 Å². The van der Waals surface area contributed by atoms with E-state index in [0.717, 1.165) is 18.7 Å². The number of hydrogen-bond acceptors (Lipinski definition) is 5. The molecule has 0 aliphatic heterocycles. The minimum Gasteiger partial charge on any atom is -0.380 e. The Bertz CT molecular complexity index is 599. The van der Waals surface area contributed by atoms with Crippen LogP contribution in [-0.4, -0.2) is 23.4 Å². The van der Waals surface area contributed by atoms with Crippen LogP contribution in [0, 0.1) is 10.1 Å². The minimum atomic E-state index is -0.350. The Morgan fingerprint density at radius 3 is 2.67 bits per heavy atom. The van der Waals surface area contributed by atoms with E-state index in [4.69, 9.17) is 0 Å². The van der Waals surface area contributed by atoms with E-state index in [9.17, 15) is 10.1 Å². The van der Waals surface area contributed by atoms with Gasteiger partial charge >= 0.3 is 0 Å². The fourth-order valence-corrected chi connectivity index (χ4v) is 2.89. The molecule has 21 heavy (non-hydrogen) atoms. The Balaban J connectivity index is 2.09. The van der Waals surface area contributed by atoms with Crippen molar-refractivity contribution >= 4 is 22.7 Å². The van der Waals surface area contributed by atoms with Crippen molar-refractivity contribution in [1.29, 1.82) is 0 Å². The largest absolute Gasteiger partial charge is 0.380 e. The van der Waals surface area contributed by atoms with Gasteiger partial charge in [0.05, 0.1) is 4.92 Å². The van der Waals surface area contributed by atoms with Gasteiger partial charge in [-0.1, -0.05) is 6.07 Å². The van der Waals surface area contributed by atoms with E-state index >= 15 is 0 Å². The fourth-order valence-electron chi connectivity index (χ4n) is 2.23. The predicted molar refractivity (Wildman–Crippen MR) is 86.8 cm³/mol. The summed E-state index contributed by atoms with van der Waals surface area (Å²) in [7, 11) is 2.05. The molecule has 1 aromatic heterocycles. The first-order valence-corrected chi connectivity index (χ1v) is 7.75. The highest BCUT2D eigenvalue weighted by molar-refractivity contribution is 7.07. The first-order chi connectivity index (χ1) is 10.1. The smallest absolute Gasteiger partial charge is 0.292 e. The fraction of sp³-hybridized carbons (Fsp3) is 0.333. The van der Waals surface area contributed by atoms with Gasteiger partial charge in [0.2, 0.25) is 0 Å². The van der Waals surface area contributed by atoms with Crippen molar-refractivity contribution in [2.45, 2.75) is 20.0 Å². The Labute approximate surface area is 128 Å². The van der Waals surface area contributed by atoms with Gasteiger partial charge in [-0.3, -0.25) is 15.0 Å². The average Bonchev–Trinajstić information content (AvgIpc) is 2.91. The summed E-state index contributed by atoms with van der Waals surface area (Å²) in [5, 5.41) is 18.3. The van der Waals surface area contributed by atoms with Crippen LogP contribution in [-0.2, 0) is 13.1 Å². The molecule has 0 radical (unpaired) electrons. The topological polar surface area (TPSA) is 58.4 Å². The molecule has 0 saturated heterocycles. The standard InChI is InChI=1S/C15H19N3O2S/c1-3-16-14-8-12(4-5-15(14)18(19)20)9-17(2)10-13-6-7-21-11-13/h4-8,11,16H,3,9-10H2,1-2H3. The maximum Gasteiger partial charge on any atom is 0.292 e. The lowest BCUT2D eigenvalue weighted by atomic mass is 10.1. The van der Waals surface area contributed by atoms with Crippen molar-refractivity contribution in [2.75, 3.05) is 18.9 Å². The van der Waals surface area contributed by atoms with Crippen molar-refractivity contribution in [3.8, 4) is 0 Å². The maximum atomic E-state index is 11.0. The molecule has 0 aliphatic rings. The molecule has 0 atom stereocenters. The van der Waals surface area contributed by atoms with Crippen LogP contribution in [0.5, 0.6) is 0 Å². The normalized spacial score (nSPS) is 10.8. The molecule has 1 N–H and O–H groups in total. The first-order valence-electron chi connectivity index (χ1n) is 6.81. The Morgan fingerprint density at radius 1 is 1.29 bits per heavy atom. The van der Waals surface area contributed by atoms with E-state index in [0.29, 0.717) is 12.2 Å². The number of nitro benzene ring substituents is 1. The Kier molecular flexibility index (Phi) is 5.30. The third-order valence-corrected chi connectivity index (χ3v) is 3.84. The first kappa shape index (κ1) is 15.5. The summed E-state index contributed by atoms with van der Waals surface area (Å²) in [6.45, 7) is 4.22. The molecule has 0 saturated carbocycles. The van der Waals surface area contributed by atoms with Gasteiger partial charge in [-0.25, -0.2) is 0 Å². The zero-order valence-corrected chi connectivity index (χ0v) is 13.0. The van der Waals surface area contributed by atoms with Crippen LogP contribution in [0.1, 0.15) is 18.1 Å². The molecular formula is C15H19N3O2S. The van der Waals surface area contributed by atoms with Crippen molar-refractivity contribution < 1.29 is 4.92 Å². The highest BCUT2D eigenvalue weighted by Crippen LogP contribution is 2.26. The Hall–Kier alpha value is -1.92. The number of anilines is 1. The molecule has 2 aromatic rings. The van der Waals surface area contributed by atoms with Crippen molar-refractivity contribution in [2.24, 2.45) is 0 Å². The van der Waals surface area contributed by atoms with E-state index in [1.807, 2.05) is 26.1 Å². The number of benzene rings is 1. The average molecular weight is 305 g/mol. The summed E-state index contributed by atoms with van der Waals surface area (Å²) >= 11 is 1.69. The van der Waals surface area contributed by atoms with E-state index < -0.39 is 0 Å². The van der Waals surface area contributed by atoms with E-state index in [1.54, 1.807) is 17.4 Å². The molecular weight excluding hydrogens is 286 g/mol. The second kappa shape index (κ2) is 7.19. The van der Waals surface area contributed by atoms with Crippen molar-refractivity contribution in [3.63, 3.8) is 0 Å². The summed E-state index contributed by atoms with van der Waals surface area (Å²) < 4.78 is 0. The van der Waals surface area contributed by atoms with Gasteiger partial charge in [-0.15, -0.1) is 0 Å². The van der Waals surface area contributed by atoms with Crippen LogP contribution in [0.4, 0.5) is 11.4 Å². The molecule has 0 aliphatic carbocycles. The van der Waals surface area contributed by atoms with Crippen LogP contribution in [0.3, 0.4) is 0 Å². The third-order valence-electron chi connectivity index (χ3n) is 3.11. The molecule has 0 bridgehead atoms. The number of nitrogens with zero attached hydrogens (tertiary/aromatic N) is 2. The van der Waals surface area contributed by atoms with Gasteiger partial charge in [0.25, 0.3) is 5.69 Å². The number of hydrogen-bond donors (Lipinski definition) is 1. The van der Waals surface area contributed by atoms with Gasteiger partial charge in [0.1, 0.15) is 5.69 Å². The number of nitro groups is 1. The quantitative estimate of drug-likeness (QED) is 0.625. The van der Waals surface area contributed by atoms with Crippen LogP contribution >= 0.6 is 11.3 Å². The molecule has 112 valence electrons. The lowest BCUT2D eigenvalue weighted by Gasteiger charge is -2.16. The van der Waals surface area contributed by atoms with Gasteiger partial charge in [-0.2, -0.15) is 11.3 Å². The number of thiophene rings is 1. The zero-order valence-electron chi connectivity index (χ0n) is 12.2. The van der Waals surface area contributed by atoms with E-state index in [2.05, 4.69) is 27.0 Å². The van der Waals surface area contributed by atoms with Gasteiger partial charge in [0, 0.05) is 25.7 Å².